The van der Waals surface area contributed by atoms with Gasteiger partial charge in [-0.15, -0.1) is 11.3 Å². The van der Waals surface area contributed by atoms with E-state index in [0.29, 0.717) is 38.8 Å². The number of hydrogen-bond donors (Lipinski definition) is 1. The van der Waals surface area contributed by atoms with Crippen molar-refractivity contribution in [3.63, 3.8) is 0 Å². The Kier molecular flexibility index (Phi) is 13.2. The average Bonchev–Trinajstić information content (AvgIpc) is 3.61. The number of benzene rings is 2. The molecule has 7 rings (SSSR count). The van der Waals surface area contributed by atoms with E-state index >= 15 is 4.39 Å². The number of piperidine rings is 3. The van der Waals surface area contributed by atoms with E-state index in [9.17, 15) is 14.8 Å². The molecule has 3 aliphatic heterocycles. The number of esters is 1. The monoisotopic (exact) mass is 775 g/mol. The van der Waals surface area contributed by atoms with Crippen LogP contribution in [-0.4, -0.2) is 68.5 Å². The predicted molar refractivity (Wildman–Crippen MR) is 192 cm³/mol. The highest BCUT2D eigenvalue weighted by atomic mass is 35.5. The van der Waals surface area contributed by atoms with Gasteiger partial charge in [-0.05, 0) is 73.8 Å². The molecule has 16 heteroatoms. The quantitative estimate of drug-likeness (QED) is 0.0739. The number of thiophene rings is 1. The van der Waals surface area contributed by atoms with Crippen molar-refractivity contribution in [1.82, 2.24) is 4.90 Å². The van der Waals surface area contributed by atoms with Crippen molar-refractivity contribution in [2.24, 2.45) is 5.92 Å². The van der Waals surface area contributed by atoms with Gasteiger partial charge in [-0.2, -0.15) is 4.73 Å². The van der Waals surface area contributed by atoms with Crippen LogP contribution in [0.4, 0.5) is 14.9 Å². The van der Waals surface area contributed by atoms with Gasteiger partial charge in [0.05, 0.1) is 26.5 Å². The van der Waals surface area contributed by atoms with Crippen LogP contribution in [0, 0.1) is 16.9 Å². The number of ether oxygens (including phenoxy) is 4. The summed E-state index contributed by atoms with van der Waals surface area (Å²) in [4.78, 5) is 40.0. The van der Waals surface area contributed by atoms with Crippen molar-refractivity contribution in [3.8, 4) is 11.5 Å². The number of halogens is 3. The molecule has 4 aromatic rings. The summed E-state index contributed by atoms with van der Waals surface area (Å²) in [5.74, 6) is -0.0392. The molecular formula is C36H36Cl2FN3O9S. The molecule has 0 saturated carbocycles. The molecule has 5 heterocycles. The average molecular weight is 777 g/mol. The van der Waals surface area contributed by atoms with E-state index in [0.717, 1.165) is 37.3 Å². The first-order chi connectivity index (χ1) is 25.0. The van der Waals surface area contributed by atoms with Crippen molar-refractivity contribution < 1.29 is 47.6 Å². The van der Waals surface area contributed by atoms with E-state index in [4.69, 9.17) is 52.1 Å². The molecule has 2 bridgehead atoms. The summed E-state index contributed by atoms with van der Waals surface area (Å²) in [6, 6.07) is 14.4. The van der Waals surface area contributed by atoms with Crippen LogP contribution in [-0.2, 0) is 27.2 Å². The van der Waals surface area contributed by atoms with Gasteiger partial charge in [-0.3, -0.25) is 14.6 Å². The molecule has 52 heavy (non-hydrogen) atoms. The number of carboxylic acid groups (broad SMARTS) is 1. The van der Waals surface area contributed by atoms with Crippen LogP contribution in [0.5, 0.6) is 11.5 Å². The number of rotatable bonds is 11. The Morgan fingerprint density at radius 3 is 2.37 bits per heavy atom. The number of carbonyl (C=O) groups excluding carboxylic acids is 2. The van der Waals surface area contributed by atoms with E-state index < -0.39 is 24.0 Å². The Labute approximate surface area is 313 Å². The molecular weight excluding hydrogens is 740 g/mol. The zero-order valence-corrected chi connectivity index (χ0v) is 30.5. The summed E-state index contributed by atoms with van der Waals surface area (Å²) < 4.78 is 38.4. The number of methoxy groups -OCH3 is 2. The Morgan fingerprint density at radius 1 is 1.08 bits per heavy atom. The predicted octanol–water partition coefficient (Wildman–Crippen LogP) is 6.92. The third-order valence-corrected chi connectivity index (χ3v) is 10.6. The van der Waals surface area contributed by atoms with Gasteiger partial charge in [0.15, 0.2) is 23.9 Å². The first-order valence-electron chi connectivity index (χ1n) is 16.2. The van der Waals surface area contributed by atoms with Crippen molar-refractivity contribution in [2.75, 3.05) is 38.8 Å². The minimum Gasteiger partial charge on any atom is -0.619 e. The molecule has 3 aliphatic rings. The second-order valence-electron chi connectivity index (χ2n) is 12.0. The van der Waals surface area contributed by atoms with Gasteiger partial charge in [-0.1, -0.05) is 41.4 Å². The molecule has 0 spiro atoms. The van der Waals surface area contributed by atoms with Crippen molar-refractivity contribution in [2.45, 2.75) is 38.0 Å². The maximum atomic E-state index is 15.0. The summed E-state index contributed by atoms with van der Waals surface area (Å²) in [5, 5.41) is 19.0. The number of nitrogens with zero attached hydrogens (tertiary/aromatic N) is 3. The summed E-state index contributed by atoms with van der Waals surface area (Å²) in [6.07, 6.45) is 2.49. The van der Waals surface area contributed by atoms with Gasteiger partial charge < -0.3 is 29.3 Å². The van der Waals surface area contributed by atoms with E-state index in [2.05, 4.69) is 4.90 Å². The lowest BCUT2D eigenvalue weighted by molar-refractivity contribution is -0.605. The number of aromatic nitrogens is 1. The van der Waals surface area contributed by atoms with Gasteiger partial charge in [-0.25, -0.2) is 14.0 Å². The van der Waals surface area contributed by atoms with Crippen LogP contribution in [0.3, 0.4) is 0 Å². The molecule has 0 radical (unpaired) electrons. The van der Waals surface area contributed by atoms with Crippen LogP contribution in [0.2, 0.25) is 10.0 Å². The van der Waals surface area contributed by atoms with Crippen molar-refractivity contribution >= 4 is 58.8 Å². The third-order valence-electron chi connectivity index (χ3n) is 8.86. The minimum absolute atomic E-state index is 0.0254. The lowest BCUT2D eigenvalue weighted by Gasteiger charge is -2.44. The van der Waals surface area contributed by atoms with Gasteiger partial charge in [0.25, 0.3) is 6.47 Å². The number of hydrogen-bond acceptors (Lipinski definition) is 10. The molecule has 276 valence electrons. The molecule has 2 atom stereocenters. The maximum Gasteiger partial charge on any atom is 0.415 e. The number of carbonyl (C=O) groups is 3. The highest BCUT2D eigenvalue weighted by Gasteiger charge is 2.38. The highest BCUT2D eigenvalue weighted by Crippen LogP contribution is 2.36. The van der Waals surface area contributed by atoms with Crippen LogP contribution in [0.1, 0.15) is 44.6 Å². The second-order valence-corrected chi connectivity index (χ2v) is 14.0. The van der Waals surface area contributed by atoms with Crippen LogP contribution < -0.4 is 19.1 Å². The van der Waals surface area contributed by atoms with Crippen LogP contribution >= 0.6 is 34.5 Å². The molecule has 12 nitrogen and oxygen atoms in total. The smallest absolute Gasteiger partial charge is 0.415 e. The second kappa shape index (κ2) is 17.7. The zero-order valence-electron chi connectivity index (χ0n) is 28.2. The Bertz CT molecular complexity index is 1870. The Balaban J connectivity index is 0.00000168. The Morgan fingerprint density at radius 2 is 1.75 bits per heavy atom. The molecule has 3 fully saturated rings. The molecule has 0 aliphatic carbocycles. The van der Waals surface area contributed by atoms with Gasteiger partial charge in [0.1, 0.15) is 32.9 Å². The molecule has 0 unspecified atom stereocenters. The van der Waals surface area contributed by atoms with E-state index in [1.54, 1.807) is 42.5 Å². The molecule has 2 aromatic carbocycles. The van der Waals surface area contributed by atoms with Gasteiger partial charge >= 0.3 is 12.1 Å². The number of pyridine rings is 1. The van der Waals surface area contributed by atoms with Crippen LogP contribution in [0.25, 0.3) is 0 Å². The standard InChI is InChI=1S/C35H34Cl2FN3O7S.CH2O2/c1-45-29-9-7-22(15-31(29)46-2)30(16-24-25(36)18-40(44)19-26(24)37)47-34(42)33-10-8-23(49-33)17-41(28-6-4-3-5-27(28)38)35(43)48-32-20-39-13-11-21(32)12-14-39;2-1-3/h3-10,15,18-19,21,30,32H,11-14,16-17,20H2,1-2H3;1H,(H,2,3)/t30-,32-;/m0./s1. The van der Waals surface area contributed by atoms with Crippen molar-refractivity contribution in [3.05, 3.63) is 109 Å². The summed E-state index contributed by atoms with van der Waals surface area (Å²) in [7, 11) is 3.00. The van der Waals surface area contributed by atoms with E-state index in [1.165, 1.54) is 43.6 Å². The SMILES string of the molecule is COc1ccc([C@H](Cc2c(Cl)c[n+]([O-])cc2Cl)OC(=O)c2ccc(CN(C(=O)O[C@H]3CN4CCC3CC4)c3ccccc3F)s2)cc1OC.O=CO. The van der Waals surface area contributed by atoms with Gasteiger partial charge in [0.2, 0.25) is 0 Å². The van der Waals surface area contributed by atoms with Gasteiger partial charge in [0, 0.05) is 23.4 Å². The van der Waals surface area contributed by atoms with E-state index in [1.807, 2.05) is 0 Å². The highest BCUT2D eigenvalue weighted by molar-refractivity contribution is 7.14. The molecule has 1 N–H and O–H groups in total. The fourth-order valence-electron chi connectivity index (χ4n) is 6.26. The minimum atomic E-state index is -0.901. The lowest BCUT2D eigenvalue weighted by atomic mass is 9.86. The third kappa shape index (κ3) is 9.23. The first kappa shape index (κ1) is 38.6. The zero-order chi connectivity index (χ0) is 37.4. The maximum absolute atomic E-state index is 15.0. The summed E-state index contributed by atoms with van der Waals surface area (Å²) >= 11 is 13.9. The number of anilines is 1. The topological polar surface area (TPSA) is 142 Å². The van der Waals surface area contributed by atoms with Crippen LogP contribution in [0.15, 0.2) is 67.0 Å². The molecule has 3 saturated heterocycles. The fourth-order valence-corrected chi connectivity index (χ4v) is 7.74. The Hall–Kier alpha value is -4.63. The first-order valence-corrected chi connectivity index (χ1v) is 17.7. The van der Waals surface area contributed by atoms with E-state index in [-0.39, 0.29) is 52.1 Å². The lowest BCUT2D eigenvalue weighted by Crippen LogP contribution is -2.53. The summed E-state index contributed by atoms with van der Waals surface area (Å²) in [6.45, 7) is 2.36. The molecule has 1 amide bonds. The summed E-state index contributed by atoms with van der Waals surface area (Å²) in [5.41, 5.74) is 1.06. The van der Waals surface area contributed by atoms with Crippen molar-refractivity contribution in [1.29, 1.82) is 0 Å². The fraction of sp³-hybridized carbons (Fsp3) is 0.333. The molecule has 2 aromatic heterocycles. The number of fused-ring (bicyclic) bond motifs is 3. The normalized spacial score (nSPS) is 18.0. The largest absolute Gasteiger partial charge is 0.619 e. The number of amides is 1. The number of para-hydroxylation sites is 1.